The van der Waals surface area contributed by atoms with Crippen LogP contribution in [0.3, 0.4) is 0 Å². The topological polar surface area (TPSA) is 61.6 Å². The summed E-state index contributed by atoms with van der Waals surface area (Å²) in [6.07, 6.45) is 2.40. The number of benzene rings is 1. The maximum Gasteiger partial charge on any atom is 0.404 e. The Morgan fingerprint density at radius 1 is 1.44 bits per heavy atom. The monoisotopic (exact) mass is 251 g/mol. The summed E-state index contributed by atoms with van der Waals surface area (Å²) >= 11 is 0. The molecule has 1 saturated heterocycles. The Balaban J connectivity index is 0.000000255. The van der Waals surface area contributed by atoms with E-state index in [4.69, 9.17) is 4.74 Å². The van der Waals surface area contributed by atoms with E-state index in [1.165, 1.54) is 12.0 Å². The standard InChI is InChI=1S/C8H8.C3H7NO2.C3H6O/c1-2-8-6-4-3-5-7-8;1-2-6-3(4)5;1-2-4-3-1/h2-7H,1H2;2H2,1H3,(H2,4,5);1-3H2. The largest absolute Gasteiger partial charge is 0.450 e. The van der Waals surface area contributed by atoms with Crippen molar-refractivity contribution in [1.29, 1.82) is 0 Å². The summed E-state index contributed by atoms with van der Waals surface area (Å²) in [4.78, 5) is 9.60. The van der Waals surface area contributed by atoms with Crippen LogP contribution >= 0.6 is 0 Å². The number of hydrogen-bond donors (Lipinski definition) is 1. The third kappa shape index (κ3) is 10.7. The number of rotatable bonds is 2. The molecule has 0 atom stereocenters. The van der Waals surface area contributed by atoms with E-state index in [-0.39, 0.29) is 0 Å². The number of carbonyl (C=O) groups excluding carboxylic acids is 1. The first-order valence-electron chi connectivity index (χ1n) is 5.88. The highest BCUT2D eigenvalue weighted by atomic mass is 16.5. The van der Waals surface area contributed by atoms with Crippen LogP contribution in [0.2, 0.25) is 0 Å². The molecule has 1 aromatic rings. The molecule has 0 aliphatic carbocycles. The Morgan fingerprint density at radius 3 is 2.11 bits per heavy atom. The lowest BCUT2D eigenvalue weighted by Crippen LogP contribution is -2.11. The molecular weight excluding hydrogens is 230 g/mol. The zero-order valence-electron chi connectivity index (χ0n) is 10.8. The minimum Gasteiger partial charge on any atom is -0.450 e. The molecule has 18 heavy (non-hydrogen) atoms. The second kappa shape index (κ2) is 11.7. The van der Waals surface area contributed by atoms with Crippen molar-refractivity contribution in [2.24, 2.45) is 5.73 Å². The van der Waals surface area contributed by atoms with Crippen LogP contribution in [0.25, 0.3) is 6.08 Å². The summed E-state index contributed by atoms with van der Waals surface area (Å²) in [7, 11) is 0. The molecule has 1 aliphatic rings. The van der Waals surface area contributed by atoms with E-state index in [1.54, 1.807) is 6.92 Å². The SMILES string of the molecule is C1COC1.C=Cc1ccccc1.CCOC(N)=O. The van der Waals surface area contributed by atoms with Gasteiger partial charge in [0.15, 0.2) is 0 Å². The van der Waals surface area contributed by atoms with Gasteiger partial charge in [-0.1, -0.05) is 43.0 Å². The molecular formula is C14H21NO3. The quantitative estimate of drug-likeness (QED) is 0.879. The fraction of sp³-hybridized carbons (Fsp3) is 0.357. The predicted molar refractivity (Wildman–Crippen MR) is 73.2 cm³/mol. The van der Waals surface area contributed by atoms with Crippen LogP contribution in [0.5, 0.6) is 0 Å². The highest BCUT2D eigenvalue weighted by molar-refractivity contribution is 5.64. The van der Waals surface area contributed by atoms with Gasteiger partial charge in [0.1, 0.15) is 0 Å². The highest BCUT2D eigenvalue weighted by Crippen LogP contribution is 1.97. The van der Waals surface area contributed by atoms with Crippen molar-refractivity contribution in [2.75, 3.05) is 19.8 Å². The lowest BCUT2D eigenvalue weighted by atomic mass is 10.2. The normalized spacial score (nSPS) is 11.6. The zero-order chi connectivity index (χ0) is 13.6. The van der Waals surface area contributed by atoms with Crippen LogP contribution in [0, 0.1) is 0 Å². The Morgan fingerprint density at radius 2 is 1.94 bits per heavy atom. The van der Waals surface area contributed by atoms with Gasteiger partial charge >= 0.3 is 6.09 Å². The van der Waals surface area contributed by atoms with Gasteiger partial charge in [0, 0.05) is 13.2 Å². The van der Waals surface area contributed by atoms with Crippen LogP contribution in [0.15, 0.2) is 36.9 Å². The van der Waals surface area contributed by atoms with Crippen molar-refractivity contribution in [1.82, 2.24) is 0 Å². The minimum absolute atomic E-state index is 0.356. The molecule has 0 unspecified atom stereocenters. The van der Waals surface area contributed by atoms with Gasteiger partial charge in [-0.2, -0.15) is 0 Å². The maximum absolute atomic E-state index is 9.60. The number of primary amides is 1. The highest BCUT2D eigenvalue weighted by Gasteiger charge is 1.94. The number of hydrogen-bond acceptors (Lipinski definition) is 3. The molecule has 4 nitrogen and oxygen atoms in total. The lowest BCUT2D eigenvalue weighted by Gasteiger charge is -2.09. The van der Waals surface area contributed by atoms with E-state index in [1.807, 2.05) is 36.4 Å². The molecule has 0 aromatic heterocycles. The smallest absolute Gasteiger partial charge is 0.404 e. The van der Waals surface area contributed by atoms with Gasteiger partial charge in [-0.3, -0.25) is 0 Å². The molecule has 1 aromatic carbocycles. The van der Waals surface area contributed by atoms with E-state index in [9.17, 15) is 4.79 Å². The van der Waals surface area contributed by atoms with E-state index >= 15 is 0 Å². The predicted octanol–water partition coefficient (Wildman–Crippen LogP) is 2.84. The van der Waals surface area contributed by atoms with Gasteiger partial charge in [0.2, 0.25) is 0 Å². The average molecular weight is 251 g/mol. The molecule has 1 fully saturated rings. The Hall–Kier alpha value is -1.81. The second-order valence-corrected chi connectivity index (χ2v) is 3.33. The fourth-order valence-corrected chi connectivity index (χ4v) is 0.876. The van der Waals surface area contributed by atoms with Crippen molar-refractivity contribution in [3.63, 3.8) is 0 Å². The van der Waals surface area contributed by atoms with Crippen molar-refractivity contribution in [3.8, 4) is 0 Å². The van der Waals surface area contributed by atoms with Crippen LogP contribution in [0.4, 0.5) is 4.79 Å². The Kier molecular flexibility index (Phi) is 10.5. The molecule has 0 radical (unpaired) electrons. The summed E-state index contributed by atoms with van der Waals surface area (Å²) in [6.45, 7) is 7.69. The first-order valence-corrected chi connectivity index (χ1v) is 5.88. The maximum atomic E-state index is 9.60. The summed E-state index contributed by atoms with van der Waals surface area (Å²) in [6, 6.07) is 10.0. The molecule has 2 N–H and O–H groups in total. The Bertz CT molecular complexity index is 317. The van der Waals surface area contributed by atoms with Gasteiger partial charge in [-0.05, 0) is 18.9 Å². The molecule has 2 rings (SSSR count). The molecule has 1 heterocycles. The van der Waals surface area contributed by atoms with Gasteiger partial charge < -0.3 is 15.2 Å². The van der Waals surface area contributed by atoms with Crippen LogP contribution in [0.1, 0.15) is 18.9 Å². The number of amides is 1. The molecule has 0 bridgehead atoms. The lowest BCUT2D eigenvalue weighted by molar-refractivity contribution is 0.0367. The minimum atomic E-state index is -0.711. The first kappa shape index (κ1) is 16.2. The third-order valence-electron chi connectivity index (χ3n) is 1.90. The zero-order valence-corrected chi connectivity index (χ0v) is 10.8. The van der Waals surface area contributed by atoms with Crippen molar-refractivity contribution in [3.05, 3.63) is 42.5 Å². The number of carbonyl (C=O) groups is 1. The van der Waals surface area contributed by atoms with Crippen molar-refractivity contribution < 1.29 is 14.3 Å². The van der Waals surface area contributed by atoms with Crippen molar-refractivity contribution in [2.45, 2.75) is 13.3 Å². The van der Waals surface area contributed by atoms with Crippen LogP contribution < -0.4 is 5.73 Å². The van der Waals surface area contributed by atoms with Gasteiger partial charge in [-0.25, -0.2) is 4.79 Å². The molecule has 1 aliphatic heterocycles. The van der Waals surface area contributed by atoms with Gasteiger partial charge in [0.05, 0.1) is 6.61 Å². The summed E-state index contributed by atoms with van der Waals surface area (Å²) in [5.41, 5.74) is 5.72. The molecule has 0 saturated carbocycles. The van der Waals surface area contributed by atoms with Gasteiger partial charge in [0.25, 0.3) is 0 Å². The molecule has 4 heteroatoms. The third-order valence-corrected chi connectivity index (χ3v) is 1.90. The average Bonchev–Trinajstić information content (AvgIpc) is 2.28. The van der Waals surface area contributed by atoms with E-state index < -0.39 is 6.09 Å². The van der Waals surface area contributed by atoms with Gasteiger partial charge in [-0.15, -0.1) is 0 Å². The molecule has 100 valence electrons. The van der Waals surface area contributed by atoms with E-state index in [0.29, 0.717) is 6.61 Å². The van der Waals surface area contributed by atoms with Crippen LogP contribution in [-0.2, 0) is 9.47 Å². The second-order valence-electron chi connectivity index (χ2n) is 3.33. The number of nitrogens with two attached hydrogens (primary N) is 1. The van der Waals surface area contributed by atoms with E-state index in [2.05, 4.69) is 17.0 Å². The van der Waals surface area contributed by atoms with Crippen LogP contribution in [-0.4, -0.2) is 25.9 Å². The number of ether oxygens (including phenoxy) is 2. The fourth-order valence-electron chi connectivity index (χ4n) is 0.876. The molecule has 1 amide bonds. The van der Waals surface area contributed by atoms with E-state index in [0.717, 1.165) is 13.2 Å². The first-order chi connectivity index (χ1) is 8.70. The molecule has 0 spiro atoms. The van der Waals surface area contributed by atoms with Crippen molar-refractivity contribution >= 4 is 12.2 Å². The summed E-state index contributed by atoms with van der Waals surface area (Å²) in [5.74, 6) is 0. The summed E-state index contributed by atoms with van der Waals surface area (Å²) < 4.78 is 8.90. The summed E-state index contributed by atoms with van der Waals surface area (Å²) in [5, 5.41) is 0. The Labute approximate surface area is 108 Å².